The minimum absolute atomic E-state index is 0.103. The molecule has 1 spiro atoms. The van der Waals surface area contributed by atoms with Crippen LogP contribution in [0, 0.1) is 5.92 Å². The van der Waals surface area contributed by atoms with Gasteiger partial charge < -0.3 is 20.1 Å². The summed E-state index contributed by atoms with van der Waals surface area (Å²) in [6.07, 6.45) is 3.63. The number of likely N-dealkylation sites (tertiary alicyclic amines) is 1. The van der Waals surface area contributed by atoms with Gasteiger partial charge >= 0.3 is 0 Å². The maximum absolute atomic E-state index is 12.6. The number of hydrogen-bond acceptors (Lipinski definition) is 6. The van der Waals surface area contributed by atoms with Crippen molar-refractivity contribution in [3.05, 3.63) is 59.2 Å². The highest BCUT2D eigenvalue weighted by Crippen LogP contribution is 2.67. The monoisotopic (exact) mass is 462 g/mol. The van der Waals surface area contributed by atoms with Gasteiger partial charge in [-0.3, -0.25) is 9.80 Å². The van der Waals surface area contributed by atoms with Crippen molar-refractivity contribution in [1.82, 2.24) is 9.80 Å². The molecule has 2 aromatic rings. The molecule has 2 aliphatic heterocycles. The highest BCUT2D eigenvalue weighted by Gasteiger charge is 2.75. The van der Waals surface area contributed by atoms with Crippen LogP contribution in [0.4, 0.5) is 0 Å². The molecule has 7 rings (SSSR count). The molecule has 5 aliphatic rings. The fourth-order valence-corrected chi connectivity index (χ4v) is 7.96. The van der Waals surface area contributed by atoms with Crippen molar-refractivity contribution in [2.75, 3.05) is 20.1 Å². The minimum Gasteiger partial charge on any atom is -0.504 e. The van der Waals surface area contributed by atoms with Crippen LogP contribution in [0.15, 0.2) is 42.5 Å². The summed E-state index contributed by atoms with van der Waals surface area (Å²) in [5.74, 6) is 1.28. The van der Waals surface area contributed by atoms with E-state index in [9.17, 15) is 15.3 Å². The molecule has 2 bridgehead atoms. The third-order valence-electron chi connectivity index (χ3n) is 9.61. The van der Waals surface area contributed by atoms with Crippen LogP contribution in [-0.4, -0.2) is 69.0 Å². The zero-order chi connectivity index (χ0) is 23.2. The number of aromatic hydroxyl groups is 1. The summed E-state index contributed by atoms with van der Waals surface area (Å²) in [6.45, 7) is 2.59. The first-order valence-corrected chi connectivity index (χ1v) is 12.9. The molecule has 0 radical (unpaired) electrons. The number of hydrogen-bond donors (Lipinski definition) is 3. The lowest BCUT2D eigenvalue weighted by molar-refractivity contribution is -0.223. The van der Waals surface area contributed by atoms with Gasteiger partial charge in [0.1, 0.15) is 6.10 Å². The Morgan fingerprint density at radius 1 is 1.09 bits per heavy atom. The lowest BCUT2D eigenvalue weighted by Crippen LogP contribution is -2.78. The molecule has 6 heteroatoms. The van der Waals surface area contributed by atoms with E-state index >= 15 is 0 Å². The Kier molecular flexibility index (Phi) is 4.49. The van der Waals surface area contributed by atoms with Crippen molar-refractivity contribution < 1.29 is 20.1 Å². The summed E-state index contributed by atoms with van der Waals surface area (Å²) < 4.78 is 6.64. The average molecular weight is 463 g/mol. The van der Waals surface area contributed by atoms with Gasteiger partial charge in [0.25, 0.3) is 0 Å². The molecular formula is C28H34N2O4. The topological polar surface area (TPSA) is 76.4 Å². The summed E-state index contributed by atoms with van der Waals surface area (Å²) in [6, 6.07) is 13.7. The van der Waals surface area contributed by atoms with Crippen LogP contribution in [0.25, 0.3) is 0 Å². The van der Waals surface area contributed by atoms with Crippen LogP contribution in [0.3, 0.4) is 0 Å². The van der Waals surface area contributed by atoms with Crippen molar-refractivity contribution in [2.45, 2.75) is 74.0 Å². The third-order valence-corrected chi connectivity index (χ3v) is 9.61. The van der Waals surface area contributed by atoms with E-state index in [2.05, 4.69) is 41.1 Å². The Morgan fingerprint density at radius 2 is 1.88 bits per heavy atom. The van der Waals surface area contributed by atoms with Gasteiger partial charge in [-0.05, 0) is 68.8 Å². The minimum atomic E-state index is -1.08. The van der Waals surface area contributed by atoms with Crippen LogP contribution < -0.4 is 4.74 Å². The summed E-state index contributed by atoms with van der Waals surface area (Å²) in [5.41, 5.74) is 1.25. The predicted molar refractivity (Wildman–Crippen MR) is 128 cm³/mol. The van der Waals surface area contributed by atoms with Crippen molar-refractivity contribution in [3.8, 4) is 11.5 Å². The van der Waals surface area contributed by atoms with E-state index in [1.165, 1.54) is 18.4 Å². The van der Waals surface area contributed by atoms with Crippen molar-refractivity contribution >= 4 is 0 Å². The molecule has 2 heterocycles. The van der Waals surface area contributed by atoms with E-state index in [4.69, 9.17) is 4.74 Å². The van der Waals surface area contributed by atoms with Crippen LogP contribution in [0.2, 0.25) is 0 Å². The summed E-state index contributed by atoms with van der Waals surface area (Å²) >= 11 is 0. The number of likely N-dealkylation sites (N-methyl/N-ethyl adjacent to an activating group) is 1. The number of phenols is 1. The van der Waals surface area contributed by atoms with Crippen LogP contribution in [-0.2, 0) is 12.0 Å². The van der Waals surface area contributed by atoms with Gasteiger partial charge in [-0.1, -0.05) is 36.4 Å². The van der Waals surface area contributed by atoms with E-state index in [1.807, 2.05) is 12.1 Å². The lowest BCUT2D eigenvalue weighted by Gasteiger charge is -2.65. The highest BCUT2D eigenvalue weighted by molar-refractivity contribution is 5.63. The molecule has 180 valence electrons. The average Bonchev–Trinajstić information content (AvgIpc) is 3.57. The molecule has 3 aliphatic carbocycles. The van der Waals surface area contributed by atoms with E-state index in [1.54, 1.807) is 6.07 Å². The van der Waals surface area contributed by atoms with Crippen molar-refractivity contribution in [3.63, 3.8) is 0 Å². The molecule has 0 unspecified atom stereocenters. The first-order valence-electron chi connectivity index (χ1n) is 12.9. The first-order chi connectivity index (χ1) is 16.4. The quantitative estimate of drug-likeness (QED) is 0.634. The number of ether oxygens (including phenoxy) is 1. The summed E-state index contributed by atoms with van der Waals surface area (Å²) in [7, 11) is 2.14. The fraction of sp³-hybridized carbons (Fsp3) is 0.571. The molecular weight excluding hydrogens is 428 g/mol. The zero-order valence-corrected chi connectivity index (χ0v) is 19.7. The predicted octanol–water partition coefficient (Wildman–Crippen LogP) is 2.95. The molecule has 0 aromatic heterocycles. The summed E-state index contributed by atoms with van der Waals surface area (Å²) in [4.78, 5) is 4.72. The highest BCUT2D eigenvalue weighted by atomic mass is 16.5. The zero-order valence-electron chi connectivity index (χ0n) is 19.7. The number of phenolic OH excluding ortho intramolecular Hbond substituents is 1. The number of aliphatic hydroxyl groups excluding tert-OH is 1. The number of piperidine rings is 1. The van der Waals surface area contributed by atoms with E-state index in [0.717, 1.165) is 43.6 Å². The maximum Gasteiger partial charge on any atom is 0.165 e. The van der Waals surface area contributed by atoms with Crippen LogP contribution >= 0.6 is 0 Å². The Bertz CT molecular complexity index is 1120. The maximum atomic E-state index is 12.6. The van der Waals surface area contributed by atoms with Gasteiger partial charge in [0.15, 0.2) is 11.5 Å². The van der Waals surface area contributed by atoms with Crippen LogP contribution in [0.5, 0.6) is 11.5 Å². The Morgan fingerprint density at radius 3 is 2.65 bits per heavy atom. The largest absolute Gasteiger partial charge is 0.504 e. The first kappa shape index (κ1) is 21.2. The Balaban J connectivity index is 1.34. The molecule has 2 aromatic carbocycles. The molecule has 34 heavy (non-hydrogen) atoms. The molecule has 1 saturated heterocycles. The fourth-order valence-electron chi connectivity index (χ4n) is 7.96. The van der Waals surface area contributed by atoms with Gasteiger partial charge in [0, 0.05) is 24.7 Å². The normalized spacial score (nSPS) is 38.0. The number of rotatable bonds is 5. The molecule has 3 N–H and O–H groups in total. The molecule has 2 saturated carbocycles. The molecule has 6 atom stereocenters. The summed E-state index contributed by atoms with van der Waals surface area (Å²) in [5, 5.41) is 35.0. The van der Waals surface area contributed by atoms with E-state index in [-0.39, 0.29) is 23.9 Å². The Hall–Kier alpha value is -2.12. The van der Waals surface area contributed by atoms with Gasteiger partial charge in [-0.25, -0.2) is 0 Å². The van der Waals surface area contributed by atoms with Gasteiger partial charge in [0.05, 0.1) is 23.2 Å². The number of nitrogens with zero attached hydrogens (tertiary/aromatic N) is 2. The van der Waals surface area contributed by atoms with E-state index in [0.29, 0.717) is 18.1 Å². The van der Waals surface area contributed by atoms with Gasteiger partial charge in [0.2, 0.25) is 0 Å². The standard InChI is InChI=1S/C28H34N2O4/c1-29(15-17-5-3-2-4-6-17)20-11-12-28(33)25-23(32)19-9-10-21(31)24-22(19)27(28,26(20)34-24)13-14-30(25)16-18-7-8-18/h2-6,9-10,18,20,23,25-26,31-33H,7-8,11-16H2,1H3/t20-,23+,25-,26+,27+,28-/m1/s1. The van der Waals surface area contributed by atoms with Gasteiger partial charge in [-0.2, -0.15) is 0 Å². The SMILES string of the molecule is CN(Cc1ccccc1)[C@@H]1CC[C@@]2(O)[C@H]3[C@@H](O)c4ccc(O)c5c4[C@@]2(CCN3CC2CC2)[C@H]1O5. The Labute approximate surface area is 200 Å². The van der Waals surface area contributed by atoms with Crippen molar-refractivity contribution in [1.29, 1.82) is 0 Å². The third kappa shape index (κ3) is 2.66. The van der Waals surface area contributed by atoms with Crippen molar-refractivity contribution in [2.24, 2.45) is 5.92 Å². The van der Waals surface area contributed by atoms with Gasteiger partial charge in [-0.15, -0.1) is 0 Å². The smallest absolute Gasteiger partial charge is 0.165 e. The molecule has 0 amide bonds. The van der Waals surface area contributed by atoms with E-state index < -0.39 is 17.1 Å². The molecule has 6 nitrogen and oxygen atoms in total. The lowest BCUT2D eigenvalue weighted by atomic mass is 9.47. The second kappa shape index (κ2) is 7.20. The number of aliphatic hydroxyl groups is 2. The number of benzene rings is 2. The molecule has 3 fully saturated rings. The van der Waals surface area contributed by atoms with Crippen LogP contribution in [0.1, 0.15) is 54.9 Å². The second-order valence-electron chi connectivity index (χ2n) is 11.4. The second-order valence-corrected chi connectivity index (χ2v) is 11.4.